The summed E-state index contributed by atoms with van der Waals surface area (Å²) in [7, 11) is 3.57. The van der Waals surface area contributed by atoms with E-state index >= 15 is 0 Å². The topological polar surface area (TPSA) is 85.1 Å². The molecule has 8 heteroatoms. The molecule has 0 aliphatic carbocycles. The third kappa shape index (κ3) is 2.79. The van der Waals surface area contributed by atoms with Gasteiger partial charge in [0.05, 0.1) is 23.9 Å². The predicted molar refractivity (Wildman–Crippen MR) is 88.0 cm³/mol. The number of aromatic nitrogens is 4. The minimum absolute atomic E-state index is 0.0452. The van der Waals surface area contributed by atoms with E-state index in [4.69, 9.17) is 0 Å². The Labute approximate surface area is 140 Å². The molecule has 3 heterocycles. The maximum absolute atomic E-state index is 12.9. The van der Waals surface area contributed by atoms with Crippen LogP contribution < -0.4 is 5.32 Å². The third-order valence-corrected chi connectivity index (χ3v) is 4.63. The Balaban J connectivity index is 1.88. The van der Waals surface area contributed by atoms with Crippen molar-refractivity contribution in [1.82, 2.24) is 24.5 Å². The summed E-state index contributed by atoms with van der Waals surface area (Å²) in [6.07, 6.45) is 4.23. The molecule has 8 nitrogen and oxygen atoms in total. The molecule has 0 bridgehead atoms. The van der Waals surface area contributed by atoms with Crippen LogP contribution in [0.2, 0.25) is 0 Å². The first-order valence-corrected chi connectivity index (χ1v) is 8.09. The fourth-order valence-corrected chi connectivity index (χ4v) is 3.30. The van der Waals surface area contributed by atoms with Crippen LogP contribution in [0.15, 0.2) is 24.5 Å². The lowest BCUT2D eigenvalue weighted by atomic mass is 9.86. The quantitative estimate of drug-likeness (QED) is 0.912. The van der Waals surface area contributed by atoms with Gasteiger partial charge in [-0.2, -0.15) is 10.2 Å². The Kier molecular flexibility index (Phi) is 4.37. The maximum Gasteiger partial charge on any atom is 0.231 e. The lowest BCUT2D eigenvalue weighted by Crippen LogP contribution is -2.45. The van der Waals surface area contributed by atoms with Crippen LogP contribution in [0.1, 0.15) is 31.5 Å². The average molecular weight is 330 g/mol. The third-order valence-electron chi connectivity index (χ3n) is 4.63. The van der Waals surface area contributed by atoms with Gasteiger partial charge in [0.15, 0.2) is 0 Å². The summed E-state index contributed by atoms with van der Waals surface area (Å²) >= 11 is 0. The fourth-order valence-electron chi connectivity index (χ4n) is 3.30. The van der Waals surface area contributed by atoms with Crippen molar-refractivity contribution in [3.63, 3.8) is 0 Å². The molecule has 128 valence electrons. The number of carbonyl (C=O) groups is 2. The van der Waals surface area contributed by atoms with Gasteiger partial charge in [0.2, 0.25) is 11.8 Å². The van der Waals surface area contributed by atoms with Crippen molar-refractivity contribution in [3.8, 4) is 0 Å². The van der Waals surface area contributed by atoms with E-state index < -0.39 is 0 Å². The van der Waals surface area contributed by atoms with Crippen molar-refractivity contribution in [2.24, 2.45) is 13.0 Å². The summed E-state index contributed by atoms with van der Waals surface area (Å²) in [5.41, 5.74) is 0.856. The number of nitrogens with zero attached hydrogens (tertiary/aromatic N) is 5. The van der Waals surface area contributed by atoms with Crippen LogP contribution >= 0.6 is 0 Å². The first-order valence-electron chi connectivity index (χ1n) is 8.09. The van der Waals surface area contributed by atoms with Gasteiger partial charge < -0.3 is 10.2 Å². The number of amides is 2. The van der Waals surface area contributed by atoms with Gasteiger partial charge in [0.1, 0.15) is 5.82 Å². The van der Waals surface area contributed by atoms with Gasteiger partial charge in [-0.3, -0.25) is 14.3 Å². The van der Waals surface area contributed by atoms with E-state index in [0.717, 1.165) is 5.69 Å². The second-order valence-corrected chi connectivity index (χ2v) is 6.00. The molecular formula is C16H22N6O2. The van der Waals surface area contributed by atoms with E-state index in [2.05, 4.69) is 15.5 Å². The first-order chi connectivity index (χ1) is 11.5. The zero-order valence-electron chi connectivity index (χ0n) is 14.1. The van der Waals surface area contributed by atoms with E-state index in [1.165, 1.54) is 0 Å². The molecule has 24 heavy (non-hydrogen) atoms. The number of hydrogen-bond donors (Lipinski definition) is 1. The molecule has 3 rings (SSSR count). The summed E-state index contributed by atoms with van der Waals surface area (Å²) in [6.45, 7) is 2.64. The number of anilines is 1. The smallest absolute Gasteiger partial charge is 0.231 e. The Bertz CT molecular complexity index is 749. The Morgan fingerprint density at radius 2 is 2.04 bits per heavy atom. The maximum atomic E-state index is 12.9. The molecule has 1 N–H and O–H groups in total. The summed E-state index contributed by atoms with van der Waals surface area (Å²) in [4.78, 5) is 26.7. The van der Waals surface area contributed by atoms with E-state index in [1.54, 1.807) is 39.8 Å². The first kappa shape index (κ1) is 16.2. The van der Waals surface area contributed by atoms with Crippen molar-refractivity contribution in [2.45, 2.75) is 32.4 Å². The van der Waals surface area contributed by atoms with Crippen LogP contribution in [0.3, 0.4) is 0 Å². The Morgan fingerprint density at radius 1 is 1.29 bits per heavy atom. The zero-order chi connectivity index (χ0) is 17.3. The number of nitrogens with one attached hydrogen (secondary N) is 1. The Morgan fingerprint density at radius 3 is 2.71 bits per heavy atom. The minimum atomic E-state index is -0.330. The monoisotopic (exact) mass is 330 g/mol. The fraction of sp³-hybridized carbons (Fsp3) is 0.500. The molecular weight excluding hydrogens is 308 g/mol. The Hall–Kier alpha value is -2.64. The number of rotatable bonds is 4. The minimum Gasteiger partial charge on any atom is -0.336 e. The number of aryl methyl sites for hydroxylation is 2. The van der Waals surface area contributed by atoms with Gasteiger partial charge in [0, 0.05) is 39.3 Å². The largest absolute Gasteiger partial charge is 0.336 e. The van der Waals surface area contributed by atoms with Crippen molar-refractivity contribution in [1.29, 1.82) is 0 Å². The van der Waals surface area contributed by atoms with E-state index in [0.29, 0.717) is 25.2 Å². The van der Waals surface area contributed by atoms with Crippen LogP contribution in [0.25, 0.3) is 0 Å². The molecule has 0 saturated carbocycles. The molecule has 1 saturated heterocycles. The molecule has 2 aromatic rings. The van der Waals surface area contributed by atoms with Gasteiger partial charge in [0.25, 0.3) is 0 Å². The zero-order valence-corrected chi connectivity index (χ0v) is 14.1. The van der Waals surface area contributed by atoms with Crippen molar-refractivity contribution in [2.75, 3.05) is 12.4 Å². The van der Waals surface area contributed by atoms with Gasteiger partial charge in [-0.05, 0) is 19.4 Å². The molecule has 0 unspecified atom stereocenters. The highest BCUT2D eigenvalue weighted by molar-refractivity contribution is 5.94. The molecule has 0 radical (unpaired) electrons. The lowest BCUT2D eigenvalue weighted by Gasteiger charge is -2.38. The van der Waals surface area contributed by atoms with Crippen LogP contribution in [0.4, 0.5) is 5.82 Å². The van der Waals surface area contributed by atoms with E-state index in [1.807, 2.05) is 20.0 Å². The van der Waals surface area contributed by atoms with Crippen LogP contribution in [0, 0.1) is 5.92 Å². The van der Waals surface area contributed by atoms with Gasteiger partial charge in [-0.25, -0.2) is 4.68 Å². The molecule has 1 aliphatic rings. The van der Waals surface area contributed by atoms with Gasteiger partial charge >= 0.3 is 0 Å². The lowest BCUT2D eigenvalue weighted by molar-refractivity contribution is -0.140. The molecule has 2 amide bonds. The van der Waals surface area contributed by atoms with E-state index in [9.17, 15) is 9.59 Å². The number of carbonyl (C=O) groups excluding carboxylic acids is 2. The van der Waals surface area contributed by atoms with Crippen molar-refractivity contribution in [3.05, 3.63) is 30.2 Å². The predicted octanol–water partition coefficient (Wildman–Crippen LogP) is 1.18. The second-order valence-electron chi connectivity index (χ2n) is 6.00. The number of piperidine rings is 1. The van der Waals surface area contributed by atoms with Crippen LogP contribution in [-0.2, 0) is 23.2 Å². The normalized spacial score (nSPS) is 21.1. The molecule has 1 fully saturated rings. The highest BCUT2D eigenvalue weighted by Crippen LogP contribution is 2.36. The summed E-state index contributed by atoms with van der Waals surface area (Å²) < 4.78 is 3.45. The molecule has 1 aliphatic heterocycles. The van der Waals surface area contributed by atoms with Crippen molar-refractivity contribution >= 4 is 17.6 Å². The summed E-state index contributed by atoms with van der Waals surface area (Å²) in [6, 6.07) is 3.31. The standard InChI is InChI=1S/C16H22N6O2/c1-4-22-13(8-10-18-22)19-16(24)11-5-6-14(23)20(2)15(11)12-7-9-17-21(12)3/h7-11,15H,4-6H2,1-3H3,(H,19,24)/t11-,15-/m0/s1. The highest BCUT2D eigenvalue weighted by Gasteiger charge is 2.40. The highest BCUT2D eigenvalue weighted by atomic mass is 16.2. The summed E-state index contributed by atoms with van der Waals surface area (Å²) in [5.74, 6) is 0.286. The van der Waals surface area contributed by atoms with Crippen LogP contribution in [-0.4, -0.2) is 43.3 Å². The number of likely N-dealkylation sites (tertiary alicyclic amines) is 1. The number of hydrogen-bond acceptors (Lipinski definition) is 4. The molecule has 0 spiro atoms. The van der Waals surface area contributed by atoms with Crippen molar-refractivity contribution < 1.29 is 9.59 Å². The van der Waals surface area contributed by atoms with Crippen LogP contribution in [0.5, 0.6) is 0 Å². The average Bonchev–Trinajstić information content (AvgIpc) is 3.18. The molecule has 0 aromatic carbocycles. The van der Waals surface area contributed by atoms with Gasteiger partial charge in [-0.15, -0.1) is 0 Å². The second kappa shape index (κ2) is 6.46. The summed E-state index contributed by atoms with van der Waals surface area (Å²) in [5, 5.41) is 11.3. The molecule has 2 atom stereocenters. The SMILES string of the molecule is CCn1nccc1NC(=O)[C@H]1CCC(=O)N(C)[C@@H]1c1ccnn1C. The molecule has 2 aromatic heterocycles. The van der Waals surface area contributed by atoms with Gasteiger partial charge in [-0.1, -0.05) is 0 Å². The van der Waals surface area contributed by atoms with E-state index in [-0.39, 0.29) is 23.8 Å².